The largest absolute Gasteiger partial charge is 0.399 e. The molecule has 0 radical (unpaired) electrons. The molecule has 0 amide bonds. The highest BCUT2D eigenvalue weighted by atomic mass is 16.6. The summed E-state index contributed by atoms with van der Waals surface area (Å²) in [6.45, 7) is 1.89. The number of nitrogens with zero attached hydrogens (tertiary/aromatic N) is 1. The van der Waals surface area contributed by atoms with Crippen molar-refractivity contribution in [2.24, 2.45) is 5.16 Å². The van der Waals surface area contributed by atoms with E-state index in [1.54, 1.807) is 7.11 Å². The van der Waals surface area contributed by atoms with Crippen LogP contribution in [-0.4, -0.2) is 13.3 Å². The van der Waals surface area contributed by atoms with Crippen molar-refractivity contribution >= 4 is 6.21 Å². The third kappa shape index (κ3) is 11.0. The number of oxime groups is 1. The van der Waals surface area contributed by atoms with Gasteiger partial charge in [-0.2, -0.15) is 0 Å². The van der Waals surface area contributed by atoms with Crippen molar-refractivity contribution in [3.63, 3.8) is 0 Å². The molecule has 0 atom stereocenters. The van der Waals surface area contributed by atoms with Crippen LogP contribution in [0.25, 0.3) is 0 Å². The van der Waals surface area contributed by atoms with Crippen LogP contribution in [0.15, 0.2) is 5.16 Å². The van der Waals surface area contributed by atoms with Gasteiger partial charge >= 0.3 is 0 Å². The minimum atomic E-state index is 1.02. The third-order valence-electron chi connectivity index (χ3n) is 1.74. The Hall–Kier alpha value is -0.970. The van der Waals surface area contributed by atoms with Crippen LogP contribution in [0, 0.1) is 11.8 Å². The van der Waals surface area contributed by atoms with Crippen molar-refractivity contribution < 1.29 is 4.84 Å². The Bertz CT molecular complexity index is 176. The fourth-order valence-corrected chi connectivity index (χ4v) is 1.05. The van der Waals surface area contributed by atoms with Crippen LogP contribution in [-0.2, 0) is 4.84 Å². The summed E-state index contributed by atoms with van der Waals surface area (Å²) < 4.78 is 0. The summed E-state index contributed by atoms with van der Waals surface area (Å²) in [4.78, 5) is 4.55. The minimum absolute atomic E-state index is 1.02. The number of unbranched alkanes of at least 4 members (excludes halogenated alkanes) is 5. The Morgan fingerprint density at radius 3 is 2.69 bits per heavy atom. The summed E-state index contributed by atoms with van der Waals surface area (Å²) in [7, 11) is 1.57. The quantitative estimate of drug-likeness (QED) is 0.256. The number of hydrogen-bond acceptors (Lipinski definition) is 2. The highest BCUT2D eigenvalue weighted by molar-refractivity contribution is 5.55. The van der Waals surface area contributed by atoms with Gasteiger partial charge in [-0.3, -0.25) is 0 Å². The Balaban J connectivity index is 2.98. The van der Waals surface area contributed by atoms with Gasteiger partial charge in [0, 0.05) is 12.6 Å². The molecule has 13 heavy (non-hydrogen) atoms. The second-order valence-corrected chi connectivity index (χ2v) is 2.85. The van der Waals surface area contributed by atoms with Gasteiger partial charge < -0.3 is 4.84 Å². The third-order valence-corrected chi connectivity index (χ3v) is 1.74. The number of hydrogen-bond donors (Lipinski definition) is 0. The van der Waals surface area contributed by atoms with Crippen LogP contribution in [0.2, 0.25) is 0 Å². The lowest BCUT2D eigenvalue weighted by molar-refractivity contribution is 0.214. The van der Waals surface area contributed by atoms with Crippen molar-refractivity contribution in [2.75, 3.05) is 7.11 Å². The predicted molar refractivity (Wildman–Crippen MR) is 56.7 cm³/mol. The Morgan fingerprint density at radius 2 is 2.00 bits per heavy atom. The van der Waals surface area contributed by atoms with Crippen LogP contribution in [0.1, 0.15) is 45.4 Å². The van der Waals surface area contributed by atoms with Gasteiger partial charge in [-0.25, -0.2) is 0 Å². The van der Waals surface area contributed by atoms with Crippen LogP contribution in [0.3, 0.4) is 0 Å². The first kappa shape index (κ1) is 12.0. The molecule has 0 aliphatic heterocycles. The van der Waals surface area contributed by atoms with Crippen molar-refractivity contribution in [3.05, 3.63) is 0 Å². The zero-order valence-electron chi connectivity index (χ0n) is 8.68. The maximum absolute atomic E-state index is 4.55. The minimum Gasteiger partial charge on any atom is -0.399 e. The lowest BCUT2D eigenvalue weighted by Gasteiger charge is -1.95. The molecule has 0 aromatic heterocycles. The molecule has 0 aliphatic carbocycles. The molecule has 2 nitrogen and oxygen atoms in total. The molecular formula is C11H19NO. The lowest BCUT2D eigenvalue weighted by Crippen LogP contribution is -1.80. The van der Waals surface area contributed by atoms with E-state index in [4.69, 9.17) is 0 Å². The molecule has 0 fully saturated rings. The standard InChI is InChI=1S/C11H19NO/c1-3-4-5-6-7-8-9-10-11-12-13-2/h11H,5-10H2,1-2H3/b12-11-. The van der Waals surface area contributed by atoms with E-state index in [-0.39, 0.29) is 0 Å². The fraction of sp³-hybridized carbons (Fsp3) is 0.727. The fourth-order valence-electron chi connectivity index (χ4n) is 1.05. The predicted octanol–water partition coefficient (Wildman–Crippen LogP) is 2.98. The van der Waals surface area contributed by atoms with E-state index in [1.165, 1.54) is 25.7 Å². The van der Waals surface area contributed by atoms with Crippen LogP contribution >= 0.6 is 0 Å². The Kier molecular flexibility index (Phi) is 10.2. The number of rotatable bonds is 7. The van der Waals surface area contributed by atoms with Gasteiger partial charge in [-0.15, -0.1) is 11.8 Å². The molecule has 0 unspecified atom stereocenters. The molecule has 0 N–H and O–H groups in total. The molecule has 0 aromatic rings. The van der Waals surface area contributed by atoms with Gasteiger partial charge in [0.15, 0.2) is 0 Å². The monoisotopic (exact) mass is 181 g/mol. The summed E-state index contributed by atoms with van der Waals surface area (Å²) in [5, 5.41) is 3.67. The van der Waals surface area contributed by atoms with Gasteiger partial charge in [-0.05, 0) is 26.2 Å². The molecule has 0 rings (SSSR count). The first-order valence-electron chi connectivity index (χ1n) is 4.86. The zero-order chi connectivity index (χ0) is 9.78. The van der Waals surface area contributed by atoms with Gasteiger partial charge in [0.2, 0.25) is 0 Å². The van der Waals surface area contributed by atoms with Crippen molar-refractivity contribution in [1.29, 1.82) is 0 Å². The van der Waals surface area contributed by atoms with Crippen molar-refractivity contribution in [3.8, 4) is 11.8 Å². The van der Waals surface area contributed by atoms with E-state index in [1.807, 2.05) is 13.1 Å². The molecule has 0 spiro atoms. The molecular weight excluding hydrogens is 162 g/mol. The first-order valence-corrected chi connectivity index (χ1v) is 4.86. The summed E-state index contributed by atoms with van der Waals surface area (Å²) in [6, 6.07) is 0. The van der Waals surface area contributed by atoms with Gasteiger partial charge in [-0.1, -0.05) is 18.0 Å². The van der Waals surface area contributed by atoms with E-state index in [0.717, 1.165) is 12.8 Å². The Labute approximate surface area is 81.4 Å². The maximum Gasteiger partial charge on any atom is 0.106 e. The van der Waals surface area contributed by atoms with Crippen molar-refractivity contribution in [2.45, 2.75) is 45.4 Å². The summed E-state index contributed by atoms with van der Waals surface area (Å²) in [5.74, 6) is 5.96. The van der Waals surface area contributed by atoms with E-state index >= 15 is 0 Å². The van der Waals surface area contributed by atoms with Crippen LogP contribution in [0.5, 0.6) is 0 Å². The molecule has 0 heterocycles. The van der Waals surface area contributed by atoms with Crippen LogP contribution in [0.4, 0.5) is 0 Å². The smallest absolute Gasteiger partial charge is 0.106 e. The maximum atomic E-state index is 4.55. The summed E-state index contributed by atoms with van der Waals surface area (Å²) >= 11 is 0. The molecule has 2 heteroatoms. The average Bonchev–Trinajstić information content (AvgIpc) is 2.16. The van der Waals surface area contributed by atoms with E-state index in [0.29, 0.717) is 0 Å². The molecule has 0 saturated heterocycles. The normalized spacial score (nSPS) is 9.69. The highest BCUT2D eigenvalue weighted by Crippen LogP contribution is 2.03. The first-order chi connectivity index (χ1) is 6.41. The Morgan fingerprint density at radius 1 is 1.23 bits per heavy atom. The second-order valence-electron chi connectivity index (χ2n) is 2.85. The van der Waals surface area contributed by atoms with E-state index in [2.05, 4.69) is 21.8 Å². The molecule has 0 saturated carbocycles. The van der Waals surface area contributed by atoms with Crippen molar-refractivity contribution in [1.82, 2.24) is 0 Å². The zero-order valence-corrected chi connectivity index (χ0v) is 8.68. The van der Waals surface area contributed by atoms with Gasteiger partial charge in [0.25, 0.3) is 0 Å². The molecule has 0 aromatic carbocycles. The SMILES string of the molecule is CC#CCCCCCC/C=N\OC. The van der Waals surface area contributed by atoms with E-state index < -0.39 is 0 Å². The second kappa shape index (κ2) is 11.0. The van der Waals surface area contributed by atoms with Gasteiger partial charge in [0.05, 0.1) is 0 Å². The van der Waals surface area contributed by atoms with Gasteiger partial charge in [0.1, 0.15) is 7.11 Å². The topological polar surface area (TPSA) is 21.6 Å². The highest BCUT2D eigenvalue weighted by Gasteiger charge is 1.87. The summed E-state index contributed by atoms with van der Waals surface area (Å²) in [5.41, 5.74) is 0. The summed E-state index contributed by atoms with van der Waals surface area (Å²) in [6.07, 6.45) is 8.85. The van der Waals surface area contributed by atoms with E-state index in [9.17, 15) is 0 Å². The van der Waals surface area contributed by atoms with Crippen LogP contribution < -0.4 is 0 Å². The average molecular weight is 181 g/mol. The lowest BCUT2D eigenvalue weighted by atomic mass is 10.1. The molecule has 0 aliphatic rings. The molecule has 0 bridgehead atoms. The molecule has 74 valence electrons.